The zero-order valence-corrected chi connectivity index (χ0v) is 11.9. The van der Waals surface area contributed by atoms with E-state index in [2.05, 4.69) is 4.72 Å². The summed E-state index contributed by atoms with van der Waals surface area (Å²) in [4.78, 5) is -0.139. The first kappa shape index (κ1) is 14.3. The van der Waals surface area contributed by atoms with Crippen LogP contribution >= 0.6 is 0 Å². The summed E-state index contributed by atoms with van der Waals surface area (Å²) in [6.07, 6.45) is 0. The highest BCUT2D eigenvalue weighted by Gasteiger charge is 2.17. The number of sulfonamides is 1. The number of methoxy groups -OCH3 is 1. The summed E-state index contributed by atoms with van der Waals surface area (Å²) < 4.78 is 45.0. The molecule has 0 atom stereocenters. The zero-order valence-electron chi connectivity index (χ0n) is 11.1. The summed E-state index contributed by atoms with van der Waals surface area (Å²) in [5, 5.41) is 0. The molecule has 4 nitrogen and oxygen atoms in total. The fraction of sp³-hybridized carbons (Fsp3) is 0.143. The Morgan fingerprint density at radius 3 is 2.55 bits per heavy atom. The van der Waals surface area contributed by atoms with Crippen LogP contribution in [0.1, 0.15) is 5.56 Å². The molecule has 0 unspecified atom stereocenters. The monoisotopic (exact) mass is 295 g/mol. The molecule has 2 aromatic rings. The minimum atomic E-state index is -3.85. The van der Waals surface area contributed by atoms with Gasteiger partial charge in [-0.15, -0.1) is 0 Å². The van der Waals surface area contributed by atoms with Crippen molar-refractivity contribution in [1.82, 2.24) is 0 Å². The largest absolute Gasteiger partial charge is 0.495 e. The Balaban J connectivity index is 2.38. The van der Waals surface area contributed by atoms with Crippen molar-refractivity contribution in [2.45, 2.75) is 11.8 Å². The Bertz CT molecular complexity index is 729. The summed E-state index contributed by atoms with van der Waals surface area (Å²) in [6.45, 7) is 1.87. The Morgan fingerprint density at radius 2 is 1.90 bits per heavy atom. The first-order valence-electron chi connectivity index (χ1n) is 5.85. The van der Waals surface area contributed by atoms with E-state index in [-0.39, 0.29) is 4.90 Å². The van der Waals surface area contributed by atoms with Crippen molar-refractivity contribution < 1.29 is 17.5 Å². The summed E-state index contributed by atoms with van der Waals surface area (Å²) in [6, 6.07) is 9.89. The van der Waals surface area contributed by atoms with E-state index in [1.165, 1.54) is 25.3 Å². The molecule has 0 aromatic heterocycles. The molecule has 0 aliphatic carbocycles. The summed E-state index contributed by atoms with van der Waals surface area (Å²) in [5.74, 6) is -0.200. The van der Waals surface area contributed by atoms with Gasteiger partial charge in [0.1, 0.15) is 11.6 Å². The van der Waals surface area contributed by atoms with E-state index >= 15 is 0 Å². The van der Waals surface area contributed by atoms with Crippen LogP contribution in [0.5, 0.6) is 5.75 Å². The number of ether oxygens (including phenoxy) is 1. The SMILES string of the molecule is COc1cc(C)ccc1NS(=O)(=O)c1cccc(F)c1. The molecule has 0 fully saturated rings. The summed E-state index contributed by atoms with van der Waals surface area (Å²) in [5.41, 5.74) is 1.25. The van der Waals surface area contributed by atoms with Gasteiger partial charge in [0, 0.05) is 0 Å². The number of nitrogens with one attached hydrogen (secondary N) is 1. The van der Waals surface area contributed by atoms with Crippen LogP contribution in [0.2, 0.25) is 0 Å². The number of halogens is 1. The van der Waals surface area contributed by atoms with Gasteiger partial charge in [0.2, 0.25) is 0 Å². The van der Waals surface area contributed by atoms with E-state index in [0.717, 1.165) is 11.6 Å². The smallest absolute Gasteiger partial charge is 0.262 e. The van der Waals surface area contributed by atoms with Crippen LogP contribution in [0.3, 0.4) is 0 Å². The second-order valence-electron chi connectivity index (χ2n) is 4.27. The minimum absolute atomic E-state index is 0.139. The minimum Gasteiger partial charge on any atom is -0.495 e. The van der Waals surface area contributed by atoms with E-state index in [9.17, 15) is 12.8 Å². The van der Waals surface area contributed by atoms with Gasteiger partial charge < -0.3 is 4.74 Å². The molecule has 0 heterocycles. The molecule has 20 heavy (non-hydrogen) atoms. The highest BCUT2D eigenvalue weighted by Crippen LogP contribution is 2.27. The van der Waals surface area contributed by atoms with Gasteiger partial charge in [-0.05, 0) is 42.8 Å². The number of anilines is 1. The van der Waals surface area contributed by atoms with E-state index in [4.69, 9.17) is 4.74 Å². The normalized spacial score (nSPS) is 11.2. The Hall–Kier alpha value is -2.08. The number of hydrogen-bond acceptors (Lipinski definition) is 3. The van der Waals surface area contributed by atoms with Gasteiger partial charge >= 0.3 is 0 Å². The van der Waals surface area contributed by atoms with Gasteiger partial charge in [0.15, 0.2) is 0 Å². The summed E-state index contributed by atoms with van der Waals surface area (Å²) >= 11 is 0. The highest BCUT2D eigenvalue weighted by atomic mass is 32.2. The molecule has 0 spiro atoms. The maximum atomic E-state index is 13.1. The van der Waals surface area contributed by atoms with Gasteiger partial charge in [-0.3, -0.25) is 4.72 Å². The maximum absolute atomic E-state index is 13.1. The maximum Gasteiger partial charge on any atom is 0.262 e. The van der Waals surface area contributed by atoms with Crippen LogP contribution in [0.25, 0.3) is 0 Å². The molecule has 2 aromatic carbocycles. The quantitative estimate of drug-likeness (QED) is 0.943. The molecule has 0 bridgehead atoms. The number of benzene rings is 2. The molecular weight excluding hydrogens is 281 g/mol. The van der Waals surface area contributed by atoms with Crippen LogP contribution in [0, 0.1) is 12.7 Å². The fourth-order valence-electron chi connectivity index (χ4n) is 1.72. The number of hydrogen-bond donors (Lipinski definition) is 1. The molecule has 6 heteroatoms. The second-order valence-corrected chi connectivity index (χ2v) is 5.95. The Labute approximate surface area is 117 Å². The van der Waals surface area contributed by atoms with Crippen molar-refractivity contribution in [3.63, 3.8) is 0 Å². The lowest BCUT2D eigenvalue weighted by molar-refractivity contribution is 0.416. The number of rotatable bonds is 4. The lowest BCUT2D eigenvalue weighted by atomic mass is 10.2. The fourth-order valence-corrected chi connectivity index (χ4v) is 2.82. The van der Waals surface area contributed by atoms with Crippen molar-refractivity contribution in [2.24, 2.45) is 0 Å². The summed E-state index contributed by atoms with van der Waals surface area (Å²) in [7, 11) is -2.40. The predicted molar refractivity (Wildman–Crippen MR) is 74.9 cm³/mol. The van der Waals surface area contributed by atoms with Crippen molar-refractivity contribution in [2.75, 3.05) is 11.8 Å². The molecule has 0 aliphatic rings. The van der Waals surface area contributed by atoms with E-state index < -0.39 is 15.8 Å². The van der Waals surface area contributed by atoms with Gasteiger partial charge in [-0.1, -0.05) is 12.1 Å². The van der Waals surface area contributed by atoms with Gasteiger partial charge in [0.05, 0.1) is 17.7 Å². The van der Waals surface area contributed by atoms with Crippen molar-refractivity contribution in [3.05, 3.63) is 53.8 Å². The topological polar surface area (TPSA) is 55.4 Å². The molecule has 2 rings (SSSR count). The third-order valence-corrected chi connectivity index (χ3v) is 4.07. The van der Waals surface area contributed by atoms with E-state index in [1.54, 1.807) is 18.2 Å². The van der Waals surface area contributed by atoms with Crippen molar-refractivity contribution in [3.8, 4) is 5.75 Å². The average Bonchev–Trinajstić information content (AvgIpc) is 2.40. The lowest BCUT2D eigenvalue weighted by Crippen LogP contribution is -2.13. The highest BCUT2D eigenvalue weighted by molar-refractivity contribution is 7.92. The van der Waals surface area contributed by atoms with Crippen molar-refractivity contribution >= 4 is 15.7 Å². The molecule has 0 amide bonds. The molecule has 0 saturated carbocycles. The van der Waals surface area contributed by atoms with Crippen molar-refractivity contribution in [1.29, 1.82) is 0 Å². The van der Waals surface area contributed by atoms with Gasteiger partial charge in [0.25, 0.3) is 10.0 Å². The Kier molecular flexibility index (Phi) is 3.94. The molecule has 1 N–H and O–H groups in total. The molecular formula is C14H14FNO3S. The van der Waals surface area contributed by atoms with Crippen LogP contribution in [0.15, 0.2) is 47.4 Å². The standard InChI is InChI=1S/C14H14FNO3S/c1-10-6-7-13(14(8-10)19-2)16-20(17,18)12-5-3-4-11(15)9-12/h3-9,16H,1-2H3. The molecule has 0 aliphatic heterocycles. The van der Waals surface area contributed by atoms with Crippen LogP contribution in [0.4, 0.5) is 10.1 Å². The predicted octanol–water partition coefficient (Wildman–Crippen LogP) is 2.94. The van der Waals surface area contributed by atoms with Gasteiger partial charge in [-0.25, -0.2) is 12.8 Å². The average molecular weight is 295 g/mol. The van der Waals surface area contributed by atoms with Crippen LogP contribution < -0.4 is 9.46 Å². The van der Waals surface area contributed by atoms with Crippen LogP contribution in [-0.4, -0.2) is 15.5 Å². The number of aryl methyl sites for hydroxylation is 1. The third-order valence-electron chi connectivity index (χ3n) is 2.71. The Morgan fingerprint density at radius 1 is 1.15 bits per heavy atom. The lowest BCUT2D eigenvalue weighted by Gasteiger charge is -2.12. The van der Waals surface area contributed by atoms with Crippen LogP contribution in [-0.2, 0) is 10.0 Å². The second kappa shape index (κ2) is 5.50. The third kappa shape index (κ3) is 3.08. The van der Waals surface area contributed by atoms with E-state index in [0.29, 0.717) is 11.4 Å². The molecule has 106 valence electrons. The first-order chi connectivity index (χ1) is 9.42. The molecule has 0 radical (unpaired) electrons. The zero-order chi connectivity index (χ0) is 14.8. The van der Waals surface area contributed by atoms with E-state index in [1.807, 2.05) is 6.92 Å². The molecule has 0 saturated heterocycles. The first-order valence-corrected chi connectivity index (χ1v) is 7.34. The van der Waals surface area contributed by atoms with Gasteiger partial charge in [-0.2, -0.15) is 0 Å².